The lowest BCUT2D eigenvalue weighted by Gasteiger charge is -2.04. The van der Waals surface area contributed by atoms with Gasteiger partial charge >= 0.3 is 0 Å². The van der Waals surface area contributed by atoms with Crippen LogP contribution in [0, 0.1) is 0 Å². The van der Waals surface area contributed by atoms with Crippen LogP contribution in [-0.4, -0.2) is 12.1 Å². The number of benzene rings is 1. The van der Waals surface area contributed by atoms with E-state index in [0.717, 1.165) is 9.86 Å². The second-order valence-electron chi connectivity index (χ2n) is 2.88. The maximum atomic E-state index is 11.5. The molecule has 0 fully saturated rings. The predicted octanol–water partition coefficient (Wildman–Crippen LogP) is 2.30. The average Bonchev–Trinajstić information content (AvgIpc) is 2.19. The van der Waals surface area contributed by atoms with Crippen LogP contribution in [0.4, 0.5) is 0 Å². The molecule has 0 saturated carbocycles. The summed E-state index contributed by atoms with van der Waals surface area (Å²) in [6, 6.07) is 5.51. The number of aromatic nitrogens is 1. The topological polar surface area (TPSA) is 42.1 Å². The minimum absolute atomic E-state index is 0.109. The van der Waals surface area contributed by atoms with E-state index in [2.05, 4.69) is 20.9 Å². The Morgan fingerprint density at radius 3 is 2.86 bits per heavy atom. The van der Waals surface area contributed by atoms with Crippen molar-refractivity contribution in [3.8, 4) is 5.75 Å². The van der Waals surface area contributed by atoms with E-state index in [9.17, 15) is 4.79 Å². The molecule has 0 radical (unpaired) electrons. The Morgan fingerprint density at radius 1 is 1.36 bits per heavy atom. The first-order valence-corrected chi connectivity index (χ1v) is 4.86. The lowest BCUT2D eigenvalue weighted by molar-refractivity contribution is 0.418. The highest BCUT2D eigenvalue weighted by atomic mass is 79.9. The van der Waals surface area contributed by atoms with Crippen LogP contribution in [0.1, 0.15) is 0 Å². The standard InChI is InChI=1S/C10H8BrNO2/c1-14-9-5-12-10(13)8-4-6(11)2-3-7(8)9/h2-5H,1H3,(H,12,13). The Morgan fingerprint density at radius 2 is 2.14 bits per heavy atom. The average molecular weight is 254 g/mol. The summed E-state index contributed by atoms with van der Waals surface area (Å²) in [5.41, 5.74) is -0.109. The molecule has 1 heterocycles. The second-order valence-corrected chi connectivity index (χ2v) is 3.79. The number of halogens is 1. The lowest BCUT2D eigenvalue weighted by Crippen LogP contribution is -2.05. The van der Waals surface area contributed by atoms with Gasteiger partial charge in [-0.05, 0) is 18.2 Å². The minimum Gasteiger partial charge on any atom is -0.495 e. The highest BCUT2D eigenvalue weighted by Crippen LogP contribution is 2.24. The van der Waals surface area contributed by atoms with E-state index in [-0.39, 0.29) is 5.56 Å². The molecule has 0 aliphatic rings. The fraction of sp³-hybridized carbons (Fsp3) is 0.100. The van der Waals surface area contributed by atoms with E-state index in [1.165, 1.54) is 0 Å². The van der Waals surface area contributed by atoms with E-state index in [1.54, 1.807) is 19.4 Å². The number of rotatable bonds is 1. The van der Waals surface area contributed by atoms with Gasteiger partial charge in [0.2, 0.25) is 0 Å². The molecule has 4 heteroatoms. The van der Waals surface area contributed by atoms with Crippen LogP contribution in [0.25, 0.3) is 10.8 Å². The van der Waals surface area contributed by atoms with Crippen molar-refractivity contribution in [1.82, 2.24) is 4.98 Å². The molecular formula is C10H8BrNO2. The number of aromatic amines is 1. The van der Waals surface area contributed by atoms with E-state index in [4.69, 9.17) is 4.74 Å². The Bertz CT molecular complexity index is 533. The molecule has 0 bridgehead atoms. The normalized spacial score (nSPS) is 10.4. The number of ether oxygens (including phenoxy) is 1. The molecule has 0 atom stereocenters. The first kappa shape index (κ1) is 9.27. The van der Waals surface area contributed by atoms with E-state index >= 15 is 0 Å². The quantitative estimate of drug-likeness (QED) is 0.848. The molecule has 0 saturated heterocycles. The van der Waals surface area contributed by atoms with Gasteiger partial charge in [-0.15, -0.1) is 0 Å². The number of hydrogen-bond donors (Lipinski definition) is 1. The summed E-state index contributed by atoms with van der Waals surface area (Å²) in [5.74, 6) is 0.673. The number of hydrogen-bond acceptors (Lipinski definition) is 2. The van der Waals surface area contributed by atoms with Gasteiger partial charge in [0.15, 0.2) is 0 Å². The number of pyridine rings is 1. The minimum atomic E-state index is -0.109. The Labute approximate surface area is 88.8 Å². The van der Waals surface area contributed by atoms with Gasteiger partial charge in [-0.1, -0.05) is 15.9 Å². The summed E-state index contributed by atoms with van der Waals surface area (Å²) in [6.45, 7) is 0. The van der Waals surface area contributed by atoms with Crippen LogP contribution in [0.2, 0.25) is 0 Å². The van der Waals surface area contributed by atoms with Crippen molar-refractivity contribution in [1.29, 1.82) is 0 Å². The summed E-state index contributed by atoms with van der Waals surface area (Å²) in [6.07, 6.45) is 1.57. The second kappa shape index (κ2) is 3.46. The third kappa shape index (κ3) is 1.42. The zero-order valence-corrected chi connectivity index (χ0v) is 9.09. The van der Waals surface area contributed by atoms with Gasteiger partial charge in [-0.2, -0.15) is 0 Å². The van der Waals surface area contributed by atoms with Gasteiger partial charge in [0.25, 0.3) is 5.56 Å². The largest absolute Gasteiger partial charge is 0.495 e. The molecule has 1 aromatic heterocycles. The zero-order valence-electron chi connectivity index (χ0n) is 7.50. The predicted molar refractivity (Wildman–Crippen MR) is 58.8 cm³/mol. The molecule has 0 aliphatic carbocycles. The van der Waals surface area contributed by atoms with Crippen molar-refractivity contribution in [3.63, 3.8) is 0 Å². The van der Waals surface area contributed by atoms with Crippen molar-refractivity contribution < 1.29 is 4.74 Å². The summed E-state index contributed by atoms with van der Waals surface area (Å²) in [4.78, 5) is 14.1. The maximum Gasteiger partial charge on any atom is 0.256 e. The third-order valence-electron chi connectivity index (χ3n) is 2.05. The fourth-order valence-electron chi connectivity index (χ4n) is 1.37. The summed E-state index contributed by atoms with van der Waals surface area (Å²) in [5, 5.41) is 1.44. The SMILES string of the molecule is COc1c[nH]c(=O)c2cc(Br)ccc12. The van der Waals surface area contributed by atoms with Crippen LogP contribution >= 0.6 is 15.9 Å². The van der Waals surface area contributed by atoms with Gasteiger partial charge < -0.3 is 9.72 Å². The van der Waals surface area contributed by atoms with Gasteiger partial charge in [-0.3, -0.25) is 4.79 Å². The lowest BCUT2D eigenvalue weighted by atomic mass is 10.1. The molecule has 0 unspecified atom stereocenters. The highest BCUT2D eigenvalue weighted by Gasteiger charge is 2.04. The molecular weight excluding hydrogens is 246 g/mol. The van der Waals surface area contributed by atoms with Crippen molar-refractivity contribution in [2.24, 2.45) is 0 Å². The van der Waals surface area contributed by atoms with Gasteiger partial charge in [0.1, 0.15) is 5.75 Å². The molecule has 1 N–H and O–H groups in total. The smallest absolute Gasteiger partial charge is 0.256 e. The first-order valence-electron chi connectivity index (χ1n) is 4.07. The van der Waals surface area contributed by atoms with Crippen molar-refractivity contribution >= 4 is 26.7 Å². The van der Waals surface area contributed by atoms with Crippen LogP contribution in [-0.2, 0) is 0 Å². The summed E-state index contributed by atoms with van der Waals surface area (Å²) >= 11 is 3.32. The molecule has 1 aromatic carbocycles. The molecule has 14 heavy (non-hydrogen) atoms. The monoisotopic (exact) mass is 253 g/mol. The summed E-state index contributed by atoms with van der Waals surface area (Å²) in [7, 11) is 1.58. The van der Waals surface area contributed by atoms with Gasteiger partial charge in [-0.25, -0.2) is 0 Å². The van der Waals surface area contributed by atoms with Crippen LogP contribution in [0.5, 0.6) is 5.75 Å². The number of methoxy groups -OCH3 is 1. The fourth-order valence-corrected chi connectivity index (χ4v) is 1.74. The molecule has 0 amide bonds. The number of fused-ring (bicyclic) bond motifs is 1. The maximum absolute atomic E-state index is 11.5. The van der Waals surface area contributed by atoms with Crippen LogP contribution < -0.4 is 10.3 Å². The molecule has 72 valence electrons. The van der Waals surface area contributed by atoms with E-state index < -0.39 is 0 Å². The molecule has 0 aliphatic heterocycles. The first-order chi connectivity index (χ1) is 6.72. The Hall–Kier alpha value is -1.29. The number of H-pyrrole nitrogens is 1. The van der Waals surface area contributed by atoms with Crippen LogP contribution in [0.3, 0.4) is 0 Å². The summed E-state index contributed by atoms with van der Waals surface area (Å²) < 4.78 is 6.02. The van der Waals surface area contributed by atoms with Crippen molar-refractivity contribution in [2.75, 3.05) is 7.11 Å². The van der Waals surface area contributed by atoms with Gasteiger partial charge in [0, 0.05) is 16.1 Å². The zero-order chi connectivity index (χ0) is 10.1. The highest BCUT2D eigenvalue weighted by molar-refractivity contribution is 9.10. The van der Waals surface area contributed by atoms with Crippen molar-refractivity contribution in [3.05, 3.63) is 39.2 Å². The number of nitrogens with one attached hydrogen (secondary N) is 1. The van der Waals surface area contributed by atoms with Gasteiger partial charge in [0.05, 0.1) is 12.5 Å². The van der Waals surface area contributed by atoms with E-state index in [1.807, 2.05) is 12.1 Å². The third-order valence-corrected chi connectivity index (χ3v) is 2.54. The van der Waals surface area contributed by atoms with E-state index in [0.29, 0.717) is 11.1 Å². The van der Waals surface area contributed by atoms with Crippen LogP contribution in [0.15, 0.2) is 33.7 Å². The molecule has 3 nitrogen and oxygen atoms in total. The molecule has 2 rings (SSSR count). The molecule has 0 spiro atoms. The van der Waals surface area contributed by atoms with Crippen molar-refractivity contribution in [2.45, 2.75) is 0 Å². The molecule has 2 aromatic rings. The Kier molecular flexibility index (Phi) is 2.29. The Balaban J connectivity index is 2.91.